The van der Waals surface area contributed by atoms with Gasteiger partial charge in [0.2, 0.25) is 0 Å². The molecule has 1 rings (SSSR count). The van der Waals surface area contributed by atoms with E-state index in [1.165, 1.54) is 0 Å². The highest BCUT2D eigenvalue weighted by Gasteiger charge is 2.13. The summed E-state index contributed by atoms with van der Waals surface area (Å²) >= 11 is 1.56. The summed E-state index contributed by atoms with van der Waals surface area (Å²) in [7, 11) is 0. The zero-order chi connectivity index (χ0) is 12.7. The highest BCUT2D eigenvalue weighted by molar-refractivity contribution is 14.1. The lowest BCUT2D eigenvalue weighted by Crippen LogP contribution is -2.40. The maximum Gasteiger partial charge on any atom is 0.251 e. The molecule has 0 aliphatic carbocycles. The summed E-state index contributed by atoms with van der Waals surface area (Å²) in [5.74, 6) is -0.305. The van der Waals surface area contributed by atoms with Crippen molar-refractivity contribution < 1.29 is 18.0 Å². The fourth-order valence-electron chi connectivity index (χ4n) is 1.15. The molecule has 1 amide bonds. The highest BCUT2D eigenvalue weighted by atomic mass is 127. The fraction of sp³-hybridized carbons (Fsp3) is 0.300. The van der Waals surface area contributed by atoms with Crippen molar-refractivity contribution in [2.24, 2.45) is 0 Å². The first kappa shape index (κ1) is 14.2. The molecule has 1 aromatic rings. The largest absolute Gasteiger partial charge is 0.399 e. The zero-order valence-corrected chi connectivity index (χ0v) is 11.1. The standard InChI is InChI=1S/C10H13IN2O4/c11-17-16-6-9(5-14)13-10(15)7-1-3-8(12)4-2-7/h1-4,9,14H,5-6,12H2,(H,13,15). The number of aliphatic hydroxyl groups is 1. The predicted molar refractivity (Wildman–Crippen MR) is 70.3 cm³/mol. The summed E-state index contributed by atoms with van der Waals surface area (Å²) < 4.78 is 4.37. The van der Waals surface area contributed by atoms with E-state index in [2.05, 4.69) is 13.4 Å². The minimum absolute atomic E-state index is 0.0696. The number of hydrogen-bond acceptors (Lipinski definition) is 5. The summed E-state index contributed by atoms with van der Waals surface area (Å²) in [5.41, 5.74) is 6.56. The molecule has 0 aliphatic rings. The Balaban J connectivity index is 2.54. The molecule has 6 nitrogen and oxygen atoms in total. The second-order valence-electron chi connectivity index (χ2n) is 3.32. The van der Waals surface area contributed by atoms with Crippen molar-refractivity contribution >= 4 is 34.6 Å². The van der Waals surface area contributed by atoms with Crippen LogP contribution in [-0.4, -0.2) is 30.3 Å². The molecule has 0 radical (unpaired) electrons. The van der Waals surface area contributed by atoms with Crippen LogP contribution in [0.4, 0.5) is 5.69 Å². The van der Waals surface area contributed by atoms with Gasteiger partial charge in [-0.1, -0.05) is 0 Å². The second-order valence-corrected chi connectivity index (χ2v) is 3.68. The van der Waals surface area contributed by atoms with Crippen molar-refractivity contribution in [3.05, 3.63) is 29.8 Å². The molecule has 0 aliphatic heterocycles. The number of benzene rings is 1. The van der Waals surface area contributed by atoms with E-state index in [0.29, 0.717) is 11.3 Å². The molecule has 0 heterocycles. The normalized spacial score (nSPS) is 12.1. The monoisotopic (exact) mass is 352 g/mol. The number of nitrogen functional groups attached to an aromatic ring is 1. The minimum Gasteiger partial charge on any atom is -0.399 e. The Bertz CT molecular complexity index is 358. The Kier molecular flexibility index (Phi) is 6.19. The Morgan fingerprint density at radius 3 is 2.65 bits per heavy atom. The van der Waals surface area contributed by atoms with Crippen molar-refractivity contribution in [2.45, 2.75) is 6.04 Å². The van der Waals surface area contributed by atoms with Gasteiger partial charge in [-0.15, -0.1) is 0 Å². The topological polar surface area (TPSA) is 93.8 Å². The first-order chi connectivity index (χ1) is 8.17. The van der Waals surface area contributed by atoms with E-state index in [4.69, 9.17) is 10.8 Å². The fourth-order valence-corrected chi connectivity index (χ4v) is 1.30. The summed E-state index contributed by atoms with van der Waals surface area (Å²) in [6, 6.07) is 5.96. The smallest absolute Gasteiger partial charge is 0.251 e. The molecule has 94 valence electrons. The first-order valence-corrected chi connectivity index (χ1v) is 5.73. The maximum atomic E-state index is 11.7. The Hall–Kier alpha value is -0.900. The molecule has 1 aromatic carbocycles. The van der Waals surface area contributed by atoms with E-state index < -0.39 is 6.04 Å². The average Bonchev–Trinajstić information content (AvgIpc) is 2.35. The lowest BCUT2D eigenvalue weighted by molar-refractivity contribution is -0.173. The van der Waals surface area contributed by atoms with Crippen molar-refractivity contribution in [3.63, 3.8) is 0 Å². The van der Waals surface area contributed by atoms with Crippen molar-refractivity contribution in [1.82, 2.24) is 5.32 Å². The van der Waals surface area contributed by atoms with E-state index in [1.54, 1.807) is 47.3 Å². The number of anilines is 1. The number of amides is 1. The van der Waals surface area contributed by atoms with Crippen LogP contribution in [0.2, 0.25) is 0 Å². The van der Waals surface area contributed by atoms with E-state index in [-0.39, 0.29) is 19.1 Å². The third kappa shape index (κ3) is 4.86. The SMILES string of the molecule is Nc1ccc(C(=O)NC(CO)COOI)cc1. The first-order valence-electron chi connectivity index (χ1n) is 4.85. The van der Waals surface area contributed by atoms with E-state index in [9.17, 15) is 4.79 Å². The van der Waals surface area contributed by atoms with Gasteiger partial charge in [0.15, 0.2) is 23.0 Å². The third-order valence-electron chi connectivity index (χ3n) is 2.04. The van der Waals surface area contributed by atoms with E-state index in [0.717, 1.165) is 0 Å². The minimum atomic E-state index is -0.519. The van der Waals surface area contributed by atoms with Gasteiger partial charge in [0.1, 0.15) is 6.61 Å². The van der Waals surface area contributed by atoms with Crippen LogP contribution in [-0.2, 0) is 8.10 Å². The van der Waals surface area contributed by atoms with Crippen LogP contribution in [0.1, 0.15) is 10.4 Å². The van der Waals surface area contributed by atoms with Crippen molar-refractivity contribution in [1.29, 1.82) is 0 Å². The molecule has 7 heteroatoms. The lowest BCUT2D eigenvalue weighted by atomic mass is 10.2. The van der Waals surface area contributed by atoms with Crippen molar-refractivity contribution in [3.8, 4) is 0 Å². The molecular weight excluding hydrogens is 339 g/mol. The van der Waals surface area contributed by atoms with Crippen LogP contribution in [0.3, 0.4) is 0 Å². The molecular formula is C10H13IN2O4. The molecule has 0 aromatic heterocycles. The Morgan fingerprint density at radius 1 is 1.47 bits per heavy atom. The number of nitrogens with two attached hydrogens (primary N) is 1. The number of halogens is 1. The molecule has 17 heavy (non-hydrogen) atoms. The molecule has 0 saturated heterocycles. The van der Waals surface area contributed by atoms with Gasteiger partial charge in [0.25, 0.3) is 5.91 Å². The average molecular weight is 352 g/mol. The third-order valence-corrected chi connectivity index (χ3v) is 2.30. The van der Waals surface area contributed by atoms with Gasteiger partial charge < -0.3 is 16.2 Å². The molecule has 0 bridgehead atoms. The van der Waals surface area contributed by atoms with Crippen LogP contribution < -0.4 is 11.1 Å². The molecule has 1 atom stereocenters. The van der Waals surface area contributed by atoms with Gasteiger partial charge in [0, 0.05) is 11.3 Å². The number of carbonyl (C=O) groups is 1. The number of hydrogen-bond donors (Lipinski definition) is 3. The summed E-state index contributed by atoms with van der Waals surface area (Å²) in [6.07, 6.45) is 0. The van der Waals surface area contributed by atoms with Crippen molar-refractivity contribution in [2.75, 3.05) is 18.9 Å². The number of carbonyl (C=O) groups excluding carboxylic acids is 1. The van der Waals surface area contributed by atoms with E-state index >= 15 is 0 Å². The predicted octanol–water partition coefficient (Wildman–Crippen LogP) is 0.658. The van der Waals surface area contributed by atoms with Crippen LogP contribution in [0.15, 0.2) is 24.3 Å². The van der Waals surface area contributed by atoms with Gasteiger partial charge in [-0.05, 0) is 24.3 Å². The van der Waals surface area contributed by atoms with E-state index in [1.807, 2.05) is 0 Å². The zero-order valence-electron chi connectivity index (χ0n) is 8.93. The number of nitrogens with one attached hydrogen (secondary N) is 1. The number of rotatable bonds is 6. The van der Waals surface area contributed by atoms with Gasteiger partial charge >= 0.3 is 0 Å². The van der Waals surface area contributed by atoms with Gasteiger partial charge in [-0.3, -0.25) is 4.79 Å². The Morgan fingerprint density at radius 2 is 2.12 bits per heavy atom. The maximum absolute atomic E-state index is 11.7. The van der Waals surface area contributed by atoms with Gasteiger partial charge in [-0.2, -0.15) is 3.22 Å². The lowest BCUT2D eigenvalue weighted by Gasteiger charge is -2.14. The summed E-state index contributed by atoms with van der Waals surface area (Å²) in [5, 5.41) is 11.6. The molecule has 4 N–H and O–H groups in total. The Labute approximate surface area is 113 Å². The van der Waals surface area contributed by atoms with Gasteiger partial charge in [-0.25, -0.2) is 4.89 Å². The van der Waals surface area contributed by atoms with Crippen LogP contribution in [0.5, 0.6) is 0 Å². The molecule has 0 fully saturated rings. The van der Waals surface area contributed by atoms with Crippen LogP contribution in [0, 0.1) is 0 Å². The molecule has 0 saturated carbocycles. The van der Waals surface area contributed by atoms with Crippen LogP contribution >= 0.6 is 23.0 Å². The van der Waals surface area contributed by atoms with Gasteiger partial charge in [0.05, 0.1) is 12.6 Å². The quantitative estimate of drug-likeness (QED) is 0.303. The second kappa shape index (κ2) is 7.43. The number of aliphatic hydroxyl groups excluding tert-OH is 1. The molecule has 1 unspecified atom stereocenters. The van der Waals surface area contributed by atoms with Crippen LogP contribution in [0.25, 0.3) is 0 Å². The molecule has 0 spiro atoms. The summed E-state index contributed by atoms with van der Waals surface area (Å²) in [4.78, 5) is 16.4. The summed E-state index contributed by atoms with van der Waals surface area (Å²) in [6.45, 7) is -0.166. The highest BCUT2D eigenvalue weighted by Crippen LogP contribution is 2.05.